The number of hydrogen-bond donors (Lipinski definition) is 2. The number of benzene rings is 2. The lowest BCUT2D eigenvalue weighted by molar-refractivity contribution is -0.323. The smallest absolute Gasteiger partial charge is 0.338 e. The van der Waals surface area contributed by atoms with Gasteiger partial charge in [0.1, 0.15) is 5.60 Å². The van der Waals surface area contributed by atoms with Crippen LogP contribution in [0, 0.1) is 28.6 Å². The zero-order valence-electron chi connectivity index (χ0n) is 32.4. The normalized spacial score (nSPS) is 34.3. The van der Waals surface area contributed by atoms with Gasteiger partial charge in [-0.25, -0.2) is 17.2 Å². The molecule has 2 aromatic rings. The van der Waals surface area contributed by atoms with Gasteiger partial charge in [0.15, 0.2) is 15.6 Å². The number of sulfone groups is 1. The molecular weight excluding hydrogens is 721 g/mol. The van der Waals surface area contributed by atoms with Crippen molar-refractivity contribution in [1.82, 2.24) is 0 Å². The van der Waals surface area contributed by atoms with Crippen molar-refractivity contribution in [3.63, 3.8) is 0 Å². The Labute approximate surface area is 317 Å². The largest absolute Gasteiger partial charge is 0.385 e. The summed E-state index contributed by atoms with van der Waals surface area (Å²) in [6.45, 7) is 10.8. The van der Waals surface area contributed by atoms with Crippen molar-refractivity contribution in [1.29, 1.82) is 0 Å². The molecule has 7 rings (SSSR count). The highest BCUT2D eigenvalue weighted by Crippen LogP contribution is 2.71. The van der Waals surface area contributed by atoms with Crippen LogP contribution in [0.1, 0.15) is 111 Å². The SMILES string of the molecule is CCC(C)CS(=O)(=O)c1ccc(-c2ccc(C3C[C@@]4(C)C(CC[C@@]4(O)C(F)(F)C(C)(F)F)C4CC[C@@]5(O)CC6(CCC5=C34)OCC(C)(C)CO6)cc2)cc1. The minimum Gasteiger partial charge on any atom is -0.385 e. The molecule has 7 atom stereocenters. The summed E-state index contributed by atoms with van der Waals surface area (Å²) in [5.74, 6) is -11.2. The van der Waals surface area contributed by atoms with Crippen LogP contribution in [0.25, 0.3) is 11.1 Å². The van der Waals surface area contributed by atoms with Crippen LogP contribution in [0.4, 0.5) is 17.6 Å². The number of aliphatic hydroxyl groups is 2. The van der Waals surface area contributed by atoms with E-state index in [1.807, 2.05) is 38.1 Å². The Morgan fingerprint density at radius 2 is 1.48 bits per heavy atom. The summed E-state index contributed by atoms with van der Waals surface area (Å²) in [4.78, 5) is 0.262. The number of fused-ring (bicyclic) bond motifs is 4. The number of hydrogen-bond acceptors (Lipinski definition) is 6. The van der Waals surface area contributed by atoms with Gasteiger partial charge in [-0.05, 0) is 90.7 Å². The molecule has 2 aromatic carbocycles. The fraction of sp³-hybridized carbons (Fsp3) is 0.674. The van der Waals surface area contributed by atoms with E-state index in [0.717, 1.165) is 34.3 Å². The van der Waals surface area contributed by atoms with Gasteiger partial charge in [0.2, 0.25) is 0 Å². The molecule has 1 saturated heterocycles. The summed E-state index contributed by atoms with van der Waals surface area (Å²) in [7, 11) is -3.44. The van der Waals surface area contributed by atoms with Gasteiger partial charge in [-0.3, -0.25) is 0 Å². The molecule has 1 spiro atoms. The molecule has 298 valence electrons. The third-order valence-electron chi connectivity index (χ3n) is 14.1. The number of allylic oxidation sites excluding steroid dienone is 1. The minimum absolute atomic E-state index is 0.0136. The lowest BCUT2D eigenvalue weighted by atomic mass is 9.49. The fourth-order valence-corrected chi connectivity index (χ4v) is 12.5. The topological polar surface area (TPSA) is 93.1 Å². The first-order chi connectivity index (χ1) is 25.0. The predicted octanol–water partition coefficient (Wildman–Crippen LogP) is 9.49. The van der Waals surface area contributed by atoms with Crippen LogP contribution in [-0.2, 0) is 19.3 Å². The van der Waals surface area contributed by atoms with E-state index in [1.54, 1.807) is 31.2 Å². The average Bonchev–Trinajstić information content (AvgIpc) is 3.39. The van der Waals surface area contributed by atoms with Crippen molar-refractivity contribution >= 4 is 9.84 Å². The molecule has 2 N–H and O–H groups in total. The van der Waals surface area contributed by atoms with Crippen molar-refractivity contribution in [2.24, 2.45) is 28.6 Å². The fourth-order valence-electron chi connectivity index (χ4n) is 10.8. The predicted molar refractivity (Wildman–Crippen MR) is 199 cm³/mol. The van der Waals surface area contributed by atoms with Gasteiger partial charge in [-0.15, -0.1) is 0 Å². The molecule has 5 aliphatic rings. The maximum Gasteiger partial charge on any atom is 0.338 e. The van der Waals surface area contributed by atoms with Crippen LogP contribution >= 0.6 is 0 Å². The second kappa shape index (κ2) is 13.1. The van der Waals surface area contributed by atoms with Gasteiger partial charge in [0, 0.05) is 36.5 Å². The Morgan fingerprint density at radius 1 is 0.889 bits per heavy atom. The number of rotatable bonds is 8. The number of alkyl halides is 4. The minimum atomic E-state index is -4.66. The average molecular weight is 777 g/mol. The Balaban J connectivity index is 1.27. The molecule has 6 nitrogen and oxygen atoms in total. The van der Waals surface area contributed by atoms with E-state index >= 15 is 8.78 Å². The molecule has 3 saturated carbocycles. The van der Waals surface area contributed by atoms with Gasteiger partial charge in [0.25, 0.3) is 0 Å². The molecule has 0 amide bonds. The van der Waals surface area contributed by atoms with Crippen molar-refractivity contribution in [2.75, 3.05) is 19.0 Å². The molecule has 4 fully saturated rings. The van der Waals surface area contributed by atoms with Gasteiger partial charge in [0.05, 0.1) is 29.5 Å². The summed E-state index contributed by atoms with van der Waals surface area (Å²) in [5.41, 5.74) is -1.62. The standard InChI is InChI=1S/C43H56F4O6S/c1-7-27(2)23-54(50,51)31-14-12-29(13-15-31)28-8-10-30(11-9-28)33-22-38(5)34(18-21-42(38,49)43(46,47)39(6,44)45)32-16-19-40(48)24-41(20-17-35(40)36(32)33)52-25-37(3,4)26-53-41/h8-15,27,32-34,48-49H,7,16-26H2,1-6H3/t27?,32?,33?,34?,38-,40+,42-/m0/s1. The molecule has 1 aliphatic heterocycles. The second-order valence-electron chi connectivity index (χ2n) is 18.5. The van der Waals surface area contributed by atoms with E-state index in [0.29, 0.717) is 38.9 Å². The zero-order chi connectivity index (χ0) is 39.3. The number of ether oxygens (including phenoxy) is 2. The van der Waals surface area contributed by atoms with Gasteiger partial charge < -0.3 is 19.7 Å². The van der Waals surface area contributed by atoms with Crippen LogP contribution in [-0.4, -0.2) is 66.4 Å². The van der Waals surface area contributed by atoms with Crippen molar-refractivity contribution in [3.05, 3.63) is 65.2 Å². The molecule has 11 heteroatoms. The molecular formula is C43H56F4O6S. The first-order valence-electron chi connectivity index (χ1n) is 19.7. The molecule has 4 aliphatic carbocycles. The first kappa shape index (κ1) is 39.9. The van der Waals surface area contributed by atoms with Crippen LogP contribution in [0.5, 0.6) is 0 Å². The third kappa shape index (κ3) is 6.30. The molecule has 1 heterocycles. The Bertz CT molecular complexity index is 1880. The molecule has 0 radical (unpaired) electrons. The number of halogens is 4. The van der Waals surface area contributed by atoms with Gasteiger partial charge in [-0.1, -0.05) is 83.0 Å². The van der Waals surface area contributed by atoms with E-state index in [2.05, 4.69) is 13.8 Å². The molecule has 0 aromatic heterocycles. The first-order valence-corrected chi connectivity index (χ1v) is 21.3. The van der Waals surface area contributed by atoms with Crippen LogP contribution < -0.4 is 0 Å². The highest BCUT2D eigenvalue weighted by Gasteiger charge is 2.77. The molecule has 0 bridgehead atoms. The van der Waals surface area contributed by atoms with Crippen molar-refractivity contribution < 1.29 is 45.7 Å². The maximum atomic E-state index is 15.9. The van der Waals surface area contributed by atoms with E-state index in [-0.39, 0.29) is 54.1 Å². The highest BCUT2D eigenvalue weighted by atomic mass is 32.2. The highest BCUT2D eigenvalue weighted by molar-refractivity contribution is 7.91. The summed E-state index contributed by atoms with van der Waals surface area (Å²) in [6.07, 6.45) is 2.59. The maximum absolute atomic E-state index is 15.9. The van der Waals surface area contributed by atoms with Crippen molar-refractivity contribution in [3.8, 4) is 11.1 Å². The summed E-state index contributed by atoms with van der Waals surface area (Å²) >= 11 is 0. The molecule has 54 heavy (non-hydrogen) atoms. The second-order valence-corrected chi connectivity index (χ2v) is 20.6. The summed E-state index contributed by atoms with van der Waals surface area (Å²) in [6, 6.07) is 14.4. The lowest BCUT2D eigenvalue weighted by Gasteiger charge is -2.59. The Morgan fingerprint density at radius 3 is 2.06 bits per heavy atom. The van der Waals surface area contributed by atoms with E-state index in [1.165, 1.54) is 0 Å². The van der Waals surface area contributed by atoms with E-state index in [9.17, 15) is 27.4 Å². The summed E-state index contributed by atoms with van der Waals surface area (Å²) < 4.78 is 99.8. The summed E-state index contributed by atoms with van der Waals surface area (Å²) in [5, 5.41) is 24.4. The lowest BCUT2D eigenvalue weighted by Crippen LogP contribution is -2.66. The zero-order valence-corrected chi connectivity index (χ0v) is 33.2. The van der Waals surface area contributed by atoms with E-state index in [4.69, 9.17) is 9.47 Å². The van der Waals surface area contributed by atoms with Gasteiger partial charge >= 0.3 is 11.8 Å². The van der Waals surface area contributed by atoms with E-state index < -0.39 is 62.3 Å². The Kier molecular flexibility index (Phi) is 9.69. The van der Waals surface area contributed by atoms with Crippen LogP contribution in [0.3, 0.4) is 0 Å². The van der Waals surface area contributed by atoms with Crippen LogP contribution in [0.15, 0.2) is 64.6 Å². The molecule has 4 unspecified atom stereocenters. The monoisotopic (exact) mass is 776 g/mol. The Hall–Kier alpha value is -2.31. The third-order valence-corrected chi connectivity index (χ3v) is 16.1. The van der Waals surface area contributed by atoms with Crippen molar-refractivity contribution in [2.45, 2.75) is 139 Å². The quantitative estimate of drug-likeness (QED) is 0.205. The van der Waals surface area contributed by atoms with Gasteiger partial charge in [-0.2, -0.15) is 8.78 Å². The van der Waals surface area contributed by atoms with Crippen LogP contribution in [0.2, 0.25) is 0 Å².